The SMILES string of the molecule is COc1cc2ccnc3c2c(c1O)[C@]1(C=C[C@H](O)CC1)C3=O. The van der Waals surface area contributed by atoms with Crippen LogP contribution in [-0.2, 0) is 5.41 Å². The molecule has 2 aliphatic rings. The van der Waals surface area contributed by atoms with Gasteiger partial charge in [-0.3, -0.25) is 9.78 Å². The van der Waals surface area contributed by atoms with E-state index in [1.54, 1.807) is 30.5 Å². The molecule has 2 aliphatic carbocycles. The Kier molecular flexibility index (Phi) is 2.60. The number of fused-ring (bicyclic) bond motifs is 1. The Hall–Kier alpha value is -2.40. The number of pyridine rings is 1. The van der Waals surface area contributed by atoms with Crippen LogP contribution in [0.1, 0.15) is 28.9 Å². The molecule has 4 rings (SSSR count). The third kappa shape index (κ3) is 1.46. The van der Waals surface area contributed by atoms with E-state index in [4.69, 9.17) is 4.74 Å². The van der Waals surface area contributed by atoms with Gasteiger partial charge in [0.2, 0.25) is 0 Å². The minimum absolute atomic E-state index is 0.0175. The first-order valence-corrected chi connectivity index (χ1v) is 7.20. The summed E-state index contributed by atoms with van der Waals surface area (Å²) in [5.41, 5.74) is -0.0168. The van der Waals surface area contributed by atoms with Crippen LogP contribution in [0.25, 0.3) is 10.8 Å². The fourth-order valence-electron chi connectivity index (χ4n) is 3.63. The van der Waals surface area contributed by atoms with Gasteiger partial charge in [-0.25, -0.2) is 0 Å². The van der Waals surface area contributed by atoms with E-state index >= 15 is 0 Å². The Morgan fingerprint density at radius 3 is 2.95 bits per heavy atom. The topological polar surface area (TPSA) is 79.7 Å². The van der Waals surface area contributed by atoms with E-state index in [0.717, 1.165) is 5.39 Å². The summed E-state index contributed by atoms with van der Waals surface area (Å²) in [5, 5.41) is 21.8. The largest absolute Gasteiger partial charge is 0.504 e. The second-order valence-corrected chi connectivity index (χ2v) is 5.83. The van der Waals surface area contributed by atoms with E-state index in [1.165, 1.54) is 7.11 Å². The molecule has 2 atom stereocenters. The lowest BCUT2D eigenvalue weighted by Gasteiger charge is -2.30. The fraction of sp³-hybridized carbons (Fsp3) is 0.294. The van der Waals surface area contributed by atoms with Gasteiger partial charge in [0.25, 0.3) is 0 Å². The molecule has 0 bridgehead atoms. The number of nitrogens with zero attached hydrogens (tertiary/aromatic N) is 1. The Morgan fingerprint density at radius 1 is 1.45 bits per heavy atom. The van der Waals surface area contributed by atoms with Gasteiger partial charge < -0.3 is 14.9 Å². The van der Waals surface area contributed by atoms with E-state index in [1.807, 2.05) is 0 Å². The van der Waals surface area contributed by atoms with Crippen LogP contribution in [0.2, 0.25) is 0 Å². The number of carbonyl (C=O) groups excluding carboxylic acids is 1. The zero-order chi connectivity index (χ0) is 15.5. The third-order valence-corrected chi connectivity index (χ3v) is 4.71. The van der Waals surface area contributed by atoms with Gasteiger partial charge in [-0.15, -0.1) is 0 Å². The maximum absolute atomic E-state index is 13.0. The second kappa shape index (κ2) is 4.30. The van der Waals surface area contributed by atoms with E-state index in [-0.39, 0.29) is 11.5 Å². The van der Waals surface area contributed by atoms with Gasteiger partial charge in [0.05, 0.1) is 18.6 Å². The average Bonchev–Trinajstić information content (AvgIpc) is 2.78. The molecule has 112 valence electrons. The summed E-state index contributed by atoms with van der Waals surface area (Å²) < 4.78 is 5.25. The molecule has 2 N–H and O–H groups in total. The maximum Gasteiger partial charge on any atom is 0.196 e. The van der Waals surface area contributed by atoms with Crippen LogP contribution in [-0.4, -0.2) is 34.2 Å². The zero-order valence-corrected chi connectivity index (χ0v) is 12.0. The van der Waals surface area contributed by atoms with Crippen LogP contribution in [0, 0.1) is 0 Å². The predicted octanol–water partition coefficient (Wildman–Crippen LogP) is 2.09. The van der Waals surface area contributed by atoms with Crippen molar-refractivity contribution in [3.05, 3.63) is 41.7 Å². The first-order valence-electron chi connectivity index (χ1n) is 7.20. The maximum atomic E-state index is 13.0. The van der Waals surface area contributed by atoms with Crippen molar-refractivity contribution in [3.8, 4) is 11.5 Å². The van der Waals surface area contributed by atoms with Crippen molar-refractivity contribution >= 4 is 16.6 Å². The molecule has 1 heterocycles. The molecular formula is C17H15NO4. The monoisotopic (exact) mass is 297 g/mol. The summed E-state index contributed by atoms with van der Waals surface area (Å²) in [5.74, 6) is 0.198. The minimum atomic E-state index is -0.952. The number of aliphatic hydroxyl groups is 1. The van der Waals surface area contributed by atoms with Crippen LogP contribution in [0.5, 0.6) is 11.5 Å². The number of rotatable bonds is 1. The van der Waals surface area contributed by atoms with Crippen molar-refractivity contribution in [3.63, 3.8) is 0 Å². The molecule has 1 aromatic carbocycles. The van der Waals surface area contributed by atoms with Crippen LogP contribution in [0.15, 0.2) is 30.5 Å². The molecule has 0 saturated heterocycles. The number of allylic oxidation sites excluding steroid dienone is 1. The highest BCUT2D eigenvalue weighted by Crippen LogP contribution is 2.53. The van der Waals surface area contributed by atoms with Crippen molar-refractivity contribution in [1.82, 2.24) is 4.98 Å². The van der Waals surface area contributed by atoms with Gasteiger partial charge in [-0.05, 0) is 30.4 Å². The van der Waals surface area contributed by atoms with Gasteiger partial charge in [0.15, 0.2) is 17.3 Å². The molecule has 0 unspecified atom stereocenters. The van der Waals surface area contributed by atoms with E-state index in [2.05, 4.69) is 4.98 Å². The highest BCUT2D eigenvalue weighted by Gasteiger charge is 2.50. The Morgan fingerprint density at radius 2 is 2.27 bits per heavy atom. The van der Waals surface area contributed by atoms with Crippen molar-refractivity contribution in [1.29, 1.82) is 0 Å². The summed E-state index contributed by atoms with van der Waals surface area (Å²) in [6, 6.07) is 3.52. The molecule has 0 saturated carbocycles. The van der Waals surface area contributed by atoms with Crippen molar-refractivity contribution < 1.29 is 19.7 Å². The van der Waals surface area contributed by atoms with Crippen molar-refractivity contribution in [2.45, 2.75) is 24.4 Å². The van der Waals surface area contributed by atoms with Gasteiger partial charge in [-0.2, -0.15) is 0 Å². The first-order chi connectivity index (χ1) is 10.6. The van der Waals surface area contributed by atoms with Gasteiger partial charge >= 0.3 is 0 Å². The number of ketones is 1. The molecule has 5 nitrogen and oxygen atoms in total. The number of phenolic OH excluding ortho intramolecular Hbond substituents is 1. The molecule has 5 heteroatoms. The number of benzene rings is 1. The number of methoxy groups -OCH3 is 1. The number of carbonyl (C=O) groups is 1. The summed E-state index contributed by atoms with van der Waals surface area (Å²) >= 11 is 0. The second-order valence-electron chi connectivity index (χ2n) is 5.83. The molecule has 1 spiro atoms. The van der Waals surface area contributed by atoms with E-state index < -0.39 is 11.5 Å². The molecule has 1 aromatic heterocycles. The van der Waals surface area contributed by atoms with Crippen LogP contribution >= 0.6 is 0 Å². The van der Waals surface area contributed by atoms with Crippen LogP contribution < -0.4 is 4.74 Å². The summed E-state index contributed by atoms with van der Waals surface area (Å²) in [4.78, 5) is 17.2. The van der Waals surface area contributed by atoms with E-state index in [9.17, 15) is 15.0 Å². The normalized spacial score (nSPS) is 26.1. The summed E-state index contributed by atoms with van der Waals surface area (Å²) in [7, 11) is 1.49. The van der Waals surface area contributed by atoms with Crippen LogP contribution in [0.4, 0.5) is 0 Å². The quantitative estimate of drug-likeness (QED) is 0.788. The number of aromatic nitrogens is 1. The lowest BCUT2D eigenvalue weighted by atomic mass is 9.72. The molecular weight excluding hydrogens is 282 g/mol. The predicted molar refractivity (Wildman–Crippen MR) is 80.3 cm³/mol. The molecule has 0 amide bonds. The minimum Gasteiger partial charge on any atom is -0.504 e. The number of ether oxygens (including phenoxy) is 1. The van der Waals surface area contributed by atoms with Crippen molar-refractivity contribution in [2.24, 2.45) is 0 Å². The highest BCUT2D eigenvalue weighted by molar-refractivity contribution is 6.21. The third-order valence-electron chi connectivity index (χ3n) is 4.71. The number of aromatic hydroxyl groups is 1. The zero-order valence-electron chi connectivity index (χ0n) is 12.0. The summed E-state index contributed by atoms with van der Waals surface area (Å²) in [6.07, 6.45) is 5.27. The Balaban J connectivity index is 2.13. The molecule has 0 fully saturated rings. The first kappa shape index (κ1) is 13.3. The van der Waals surface area contributed by atoms with Crippen LogP contribution in [0.3, 0.4) is 0 Å². The summed E-state index contributed by atoms with van der Waals surface area (Å²) in [6.45, 7) is 0. The Labute approximate surface area is 126 Å². The van der Waals surface area contributed by atoms with E-state index in [0.29, 0.717) is 35.2 Å². The molecule has 0 radical (unpaired) electrons. The lowest BCUT2D eigenvalue weighted by molar-refractivity contribution is 0.0890. The number of phenols is 1. The molecule has 2 aromatic rings. The smallest absolute Gasteiger partial charge is 0.196 e. The number of aliphatic hydroxyl groups excluding tert-OH is 1. The Bertz CT molecular complexity index is 842. The fourth-order valence-corrected chi connectivity index (χ4v) is 3.63. The van der Waals surface area contributed by atoms with Crippen molar-refractivity contribution in [2.75, 3.05) is 7.11 Å². The lowest BCUT2D eigenvalue weighted by Crippen LogP contribution is -2.34. The van der Waals surface area contributed by atoms with Gasteiger partial charge in [-0.1, -0.05) is 12.2 Å². The average molecular weight is 297 g/mol. The molecule has 0 aliphatic heterocycles. The van der Waals surface area contributed by atoms with Gasteiger partial charge in [0, 0.05) is 17.1 Å². The van der Waals surface area contributed by atoms with Gasteiger partial charge in [0.1, 0.15) is 5.69 Å². The highest BCUT2D eigenvalue weighted by atomic mass is 16.5. The number of hydrogen-bond acceptors (Lipinski definition) is 5. The standard InChI is InChI=1S/C17H15NO4/c1-22-11-8-9-4-7-18-14-12(9)13(15(11)20)17(16(14)21)5-2-10(19)3-6-17/h2,4-5,7-8,10,19-20H,3,6H2,1H3/t10-,17+/m0/s1. The molecule has 22 heavy (non-hydrogen) atoms. The number of hydrogen-bond donors (Lipinski definition) is 2. The number of Topliss-reactive ketones (excluding diaryl/α,β-unsaturated/α-hetero) is 1.